The molecule has 4 nitrogen and oxygen atoms in total. The van der Waals surface area contributed by atoms with Crippen LogP contribution in [0.4, 0.5) is 0 Å². The third-order valence-corrected chi connectivity index (χ3v) is 2.50. The van der Waals surface area contributed by atoms with E-state index in [0.29, 0.717) is 17.9 Å². The van der Waals surface area contributed by atoms with Gasteiger partial charge in [-0.05, 0) is 30.5 Å². The summed E-state index contributed by atoms with van der Waals surface area (Å²) in [7, 11) is 0. The molecular weight excluding hydrogens is 240 g/mol. The molecule has 0 aromatic heterocycles. The molecule has 0 bridgehead atoms. The summed E-state index contributed by atoms with van der Waals surface area (Å²) >= 11 is 1.61. The number of benzene rings is 1. The number of rotatable bonds is 7. The zero-order valence-corrected chi connectivity index (χ0v) is 10.4. The molecule has 0 spiro atoms. The van der Waals surface area contributed by atoms with Crippen LogP contribution in [0, 0.1) is 0 Å². The quantitative estimate of drug-likeness (QED) is 0.422. The van der Waals surface area contributed by atoms with Gasteiger partial charge in [-0.2, -0.15) is 11.8 Å². The molecule has 0 aliphatic carbocycles. The molecule has 0 radical (unpaired) electrons. The van der Waals surface area contributed by atoms with Gasteiger partial charge >= 0.3 is 5.97 Å². The van der Waals surface area contributed by atoms with E-state index in [9.17, 15) is 9.59 Å². The number of aldehydes is 1. The van der Waals surface area contributed by atoms with Crippen LogP contribution in [0.3, 0.4) is 0 Å². The lowest BCUT2D eigenvalue weighted by molar-refractivity contribution is -0.145. The van der Waals surface area contributed by atoms with Crippen molar-refractivity contribution in [2.24, 2.45) is 0 Å². The fourth-order valence-corrected chi connectivity index (χ4v) is 1.32. The van der Waals surface area contributed by atoms with Crippen LogP contribution < -0.4 is 4.74 Å². The second-order valence-electron chi connectivity index (χ2n) is 3.19. The van der Waals surface area contributed by atoms with Gasteiger partial charge in [-0.15, -0.1) is 0 Å². The number of carbonyl (C=O) groups is 2. The van der Waals surface area contributed by atoms with Crippen LogP contribution in [0.5, 0.6) is 5.75 Å². The largest absolute Gasteiger partial charge is 0.482 e. The van der Waals surface area contributed by atoms with Gasteiger partial charge in [0.1, 0.15) is 18.6 Å². The number of hydrogen-bond acceptors (Lipinski definition) is 5. The van der Waals surface area contributed by atoms with Crippen molar-refractivity contribution < 1.29 is 19.1 Å². The molecule has 1 aromatic rings. The first-order valence-electron chi connectivity index (χ1n) is 5.09. The first-order valence-corrected chi connectivity index (χ1v) is 6.48. The fraction of sp³-hybridized carbons (Fsp3) is 0.333. The molecule has 1 aromatic carbocycles. The highest BCUT2D eigenvalue weighted by atomic mass is 32.2. The molecule has 0 heterocycles. The van der Waals surface area contributed by atoms with Gasteiger partial charge in [-0.1, -0.05) is 0 Å². The minimum Gasteiger partial charge on any atom is -0.482 e. The van der Waals surface area contributed by atoms with Crippen molar-refractivity contribution in [2.75, 3.05) is 25.2 Å². The Morgan fingerprint density at radius 1 is 1.35 bits per heavy atom. The minimum atomic E-state index is -0.390. The predicted molar refractivity (Wildman–Crippen MR) is 66.7 cm³/mol. The predicted octanol–water partition coefficient (Wildman–Crippen LogP) is 1.78. The van der Waals surface area contributed by atoms with Gasteiger partial charge in [0.2, 0.25) is 0 Å². The van der Waals surface area contributed by atoms with E-state index in [1.807, 2.05) is 6.26 Å². The van der Waals surface area contributed by atoms with E-state index in [4.69, 9.17) is 9.47 Å². The Balaban J connectivity index is 2.29. The molecule has 0 N–H and O–H groups in total. The SMILES string of the molecule is CSCCOC(=O)COc1ccc(C=O)cc1. The highest BCUT2D eigenvalue weighted by Crippen LogP contribution is 2.10. The van der Waals surface area contributed by atoms with Crippen LogP contribution >= 0.6 is 11.8 Å². The molecule has 0 unspecified atom stereocenters. The van der Waals surface area contributed by atoms with Crippen LogP contribution in [-0.2, 0) is 9.53 Å². The highest BCUT2D eigenvalue weighted by Gasteiger charge is 2.03. The maximum atomic E-state index is 11.2. The second kappa shape index (κ2) is 7.73. The Kier molecular flexibility index (Phi) is 6.17. The molecule has 0 saturated heterocycles. The molecule has 0 amide bonds. The maximum absolute atomic E-state index is 11.2. The van der Waals surface area contributed by atoms with E-state index in [-0.39, 0.29) is 6.61 Å². The average Bonchev–Trinajstić information content (AvgIpc) is 2.37. The Morgan fingerprint density at radius 2 is 2.06 bits per heavy atom. The van der Waals surface area contributed by atoms with Gasteiger partial charge in [0.25, 0.3) is 0 Å². The molecule has 0 atom stereocenters. The summed E-state index contributed by atoms with van der Waals surface area (Å²) in [6.45, 7) is 0.280. The van der Waals surface area contributed by atoms with Crippen LogP contribution in [-0.4, -0.2) is 37.5 Å². The summed E-state index contributed by atoms with van der Waals surface area (Å²) in [5, 5.41) is 0. The van der Waals surface area contributed by atoms with Crippen molar-refractivity contribution in [3.8, 4) is 5.75 Å². The van der Waals surface area contributed by atoms with Crippen molar-refractivity contribution in [1.29, 1.82) is 0 Å². The third kappa shape index (κ3) is 5.40. The van der Waals surface area contributed by atoms with E-state index >= 15 is 0 Å². The molecule has 0 aliphatic rings. The second-order valence-corrected chi connectivity index (χ2v) is 4.17. The summed E-state index contributed by atoms with van der Waals surface area (Å²) in [6.07, 6.45) is 2.69. The number of esters is 1. The summed E-state index contributed by atoms with van der Waals surface area (Å²) < 4.78 is 10.1. The molecular formula is C12H14O4S. The lowest BCUT2D eigenvalue weighted by atomic mass is 10.2. The topological polar surface area (TPSA) is 52.6 Å². The minimum absolute atomic E-state index is 0.116. The van der Waals surface area contributed by atoms with Crippen LogP contribution in [0.2, 0.25) is 0 Å². The summed E-state index contributed by atoms with van der Waals surface area (Å²) in [5.41, 5.74) is 0.569. The molecule has 17 heavy (non-hydrogen) atoms. The average molecular weight is 254 g/mol. The monoisotopic (exact) mass is 254 g/mol. The van der Waals surface area contributed by atoms with Gasteiger partial charge in [0.15, 0.2) is 6.61 Å². The van der Waals surface area contributed by atoms with Gasteiger partial charge in [-0.25, -0.2) is 4.79 Å². The number of carbonyl (C=O) groups excluding carboxylic acids is 2. The van der Waals surface area contributed by atoms with Crippen molar-refractivity contribution in [2.45, 2.75) is 0 Å². The Hall–Kier alpha value is -1.49. The zero-order chi connectivity index (χ0) is 12.5. The van der Waals surface area contributed by atoms with Crippen LogP contribution in [0.25, 0.3) is 0 Å². The Bertz CT molecular complexity index is 361. The Morgan fingerprint density at radius 3 is 2.65 bits per heavy atom. The Labute approximate surface area is 104 Å². The standard InChI is InChI=1S/C12H14O4S/c1-17-7-6-15-12(14)9-16-11-4-2-10(8-13)3-5-11/h2-5,8H,6-7,9H2,1H3. The van der Waals surface area contributed by atoms with Gasteiger partial charge < -0.3 is 9.47 Å². The first kappa shape index (κ1) is 13.6. The van der Waals surface area contributed by atoms with E-state index in [1.165, 1.54) is 0 Å². The van der Waals surface area contributed by atoms with Crippen LogP contribution in [0.15, 0.2) is 24.3 Å². The molecule has 92 valence electrons. The molecule has 1 rings (SSSR count). The van der Waals surface area contributed by atoms with E-state index in [0.717, 1.165) is 12.0 Å². The molecule has 0 saturated carbocycles. The number of ether oxygens (including phenoxy) is 2. The third-order valence-electron chi connectivity index (χ3n) is 1.92. The van der Waals surface area contributed by atoms with Crippen molar-refractivity contribution >= 4 is 24.0 Å². The molecule has 0 fully saturated rings. The van der Waals surface area contributed by atoms with E-state index in [2.05, 4.69) is 0 Å². The van der Waals surface area contributed by atoms with Gasteiger partial charge in [-0.3, -0.25) is 4.79 Å². The summed E-state index contributed by atoms with van der Waals surface area (Å²) in [5.74, 6) is 0.927. The number of hydrogen-bond donors (Lipinski definition) is 0. The van der Waals surface area contributed by atoms with Crippen LogP contribution in [0.1, 0.15) is 10.4 Å². The normalized spacial score (nSPS) is 9.71. The van der Waals surface area contributed by atoms with Gasteiger partial charge in [0, 0.05) is 11.3 Å². The van der Waals surface area contributed by atoms with Gasteiger partial charge in [0.05, 0.1) is 0 Å². The molecule has 5 heteroatoms. The zero-order valence-electron chi connectivity index (χ0n) is 9.55. The first-order chi connectivity index (χ1) is 8.26. The van der Waals surface area contributed by atoms with E-state index < -0.39 is 5.97 Å². The van der Waals surface area contributed by atoms with Crippen molar-refractivity contribution in [1.82, 2.24) is 0 Å². The molecule has 0 aliphatic heterocycles. The highest BCUT2D eigenvalue weighted by molar-refractivity contribution is 7.98. The lowest BCUT2D eigenvalue weighted by Gasteiger charge is -2.06. The smallest absolute Gasteiger partial charge is 0.344 e. The lowest BCUT2D eigenvalue weighted by Crippen LogP contribution is -2.16. The van der Waals surface area contributed by atoms with E-state index in [1.54, 1.807) is 36.0 Å². The summed E-state index contributed by atoms with van der Waals surface area (Å²) in [4.78, 5) is 21.6. The van der Waals surface area contributed by atoms with Crippen molar-refractivity contribution in [3.63, 3.8) is 0 Å². The maximum Gasteiger partial charge on any atom is 0.344 e. The fourth-order valence-electron chi connectivity index (χ4n) is 1.07. The summed E-state index contributed by atoms with van der Waals surface area (Å²) in [6, 6.07) is 6.53. The van der Waals surface area contributed by atoms with Crippen molar-refractivity contribution in [3.05, 3.63) is 29.8 Å². The number of thioether (sulfide) groups is 1.